The molecule has 0 spiro atoms. The van der Waals surface area contributed by atoms with E-state index in [0.29, 0.717) is 11.5 Å². The number of hydrogen-bond acceptors (Lipinski definition) is 5. The first-order valence-corrected chi connectivity index (χ1v) is 7.47. The van der Waals surface area contributed by atoms with Gasteiger partial charge in [0.25, 0.3) is 5.91 Å². The van der Waals surface area contributed by atoms with Gasteiger partial charge in [-0.3, -0.25) is 10.1 Å². The smallest absolute Gasteiger partial charge is 0.264 e. The number of ether oxygens (including phenoxy) is 3. The maximum Gasteiger partial charge on any atom is 0.264 e. The second-order valence-electron chi connectivity index (χ2n) is 4.67. The summed E-state index contributed by atoms with van der Waals surface area (Å²) in [5, 5.41) is 5.71. The van der Waals surface area contributed by atoms with Crippen molar-refractivity contribution in [2.75, 3.05) is 26.6 Å². The van der Waals surface area contributed by atoms with Gasteiger partial charge in [-0.05, 0) is 48.6 Å². The molecule has 24 heavy (non-hydrogen) atoms. The predicted octanol–water partition coefficient (Wildman–Crippen LogP) is 2.84. The summed E-state index contributed by atoms with van der Waals surface area (Å²) in [4.78, 5) is 12.5. The third kappa shape index (κ3) is 4.14. The van der Waals surface area contributed by atoms with E-state index in [9.17, 15) is 4.79 Å². The number of methoxy groups -OCH3 is 3. The van der Waals surface area contributed by atoms with E-state index in [1.54, 1.807) is 49.6 Å². The van der Waals surface area contributed by atoms with Crippen molar-refractivity contribution in [2.45, 2.75) is 0 Å². The monoisotopic (exact) mass is 346 g/mol. The minimum atomic E-state index is -0.421. The number of carbonyl (C=O) groups excluding carboxylic acids is 1. The first kappa shape index (κ1) is 17.6. The Morgan fingerprint density at radius 1 is 0.917 bits per heavy atom. The lowest BCUT2D eigenvalue weighted by Gasteiger charge is -2.14. The molecule has 0 bridgehead atoms. The molecule has 0 aliphatic carbocycles. The van der Waals surface area contributed by atoms with Crippen molar-refractivity contribution in [3.05, 3.63) is 48.0 Å². The van der Waals surface area contributed by atoms with Crippen molar-refractivity contribution in [2.24, 2.45) is 0 Å². The van der Waals surface area contributed by atoms with E-state index in [1.165, 1.54) is 14.2 Å². The van der Waals surface area contributed by atoms with Crippen LogP contribution in [0.5, 0.6) is 17.2 Å². The zero-order valence-electron chi connectivity index (χ0n) is 13.6. The summed E-state index contributed by atoms with van der Waals surface area (Å²) in [5.74, 6) is 1.11. The van der Waals surface area contributed by atoms with Crippen LogP contribution in [-0.2, 0) is 0 Å². The number of nitrogens with one attached hydrogen (secondary N) is 2. The van der Waals surface area contributed by atoms with Gasteiger partial charge >= 0.3 is 0 Å². The third-order valence-electron chi connectivity index (χ3n) is 3.23. The molecule has 0 unspecified atom stereocenters. The molecular weight excluding hydrogens is 328 g/mol. The third-order valence-corrected chi connectivity index (χ3v) is 3.43. The molecule has 7 heteroatoms. The van der Waals surface area contributed by atoms with Crippen molar-refractivity contribution in [3.63, 3.8) is 0 Å². The molecular formula is C17H18N2O4S. The predicted molar refractivity (Wildman–Crippen MR) is 96.2 cm³/mol. The van der Waals surface area contributed by atoms with Gasteiger partial charge in [-0.2, -0.15) is 0 Å². The van der Waals surface area contributed by atoms with Crippen LogP contribution in [0.15, 0.2) is 42.5 Å². The van der Waals surface area contributed by atoms with E-state index in [-0.39, 0.29) is 10.7 Å². The van der Waals surface area contributed by atoms with Crippen molar-refractivity contribution in [3.8, 4) is 17.2 Å². The summed E-state index contributed by atoms with van der Waals surface area (Å²) >= 11 is 5.18. The minimum absolute atomic E-state index is 0.165. The first-order chi connectivity index (χ1) is 11.6. The van der Waals surface area contributed by atoms with Crippen LogP contribution in [0, 0.1) is 0 Å². The normalized spacial score (nSPS) is 9.79. The topological polar surface area (TPSA) is 68.8 Å². The van der Waals surface area contributed by atoms with Crippen molar-refractivity contribution >= 4 is 28.9 Å². The molecule has 1 amide bonds. The average Bonchev–Trinajstić information content (AvgIpc) is 2.61. The molecule has 0 fully saturated rings. The van der Waals surface area contributed by atoms with Gasteiger partial charge in [-0.25, -0.2) is 0 Å². The van der Waals surface area contributed by atoms with Gasteiger partial charge in [0.05, 0.1) is 21.3 Å². The van der Waals surface area contributed by atoms with Crippen molar-refractivity contribution < 1.29 is 19.0 Å². The van der Waals surface area contributed by atoms with E-state index in [1.807, 2.05) is 0 Å². The molecule has 0 saturated carbocycles. The molecule has 2 rings (SSSR count). The van der Waals surface area contributed by atoms with Crippen LogP contribution in [0.4, 0.5) is 5.69 Å². The molecule has 0 aliphatic rings. The fourth-order valence-electron chi connectivity index (χ4n) is 2.08. The van der Waals surface area contributed by atoms with E-state index in [0.717, 1.165) is 11.4 Å². The number of anilines is 1. The highest BCUT2D eigenvalue weighted by atomic mass is 32.1. The second kappa shape index (κ2) is 8.16. The summed E-state index contributed by atoms with van der Waals surface area (Å²) in [6, 6.07) is 12.3. The maximum atomic E-state index is 12.5. The second-order valence-corrected chi connectivity index (χ2v) is 5.08. The standard InChI is InChI=1S/C17H18N2O4S/c1-21-12-9-7-11(8-10-12)18-17(24)19-16(20)15-13(22-2)5-4-6-14(15)23-3/h4-10H,1-3H3,(H2,18,19,20,24). The van der Waals surface area contributed by atoms with E-state index in [2.05, 4.69) is 10.6 Å². The Labute approximate surface area is 145 Å². The van der Waals surface area contributed by atoms with Crippen LogP contribution in [0.25, 0.3) is 0 Å². The number of amides is 1. The molecule has 0 atom stereocenters. The van der Waals surface area contributed by atoms with Gasteiger partial charge in [0.1, 0.15) is 22.8 Å². The molecule has 0 aliphatic heterocycles. The minimum Gasteiger partial charge on any atom is -0.497 e. The Morgan fingerprint density at radius 3 is 2.00 bits per heavy atom. The summed E-state index contributed by atoms with van der Waals surface area (Å²) in [6.45, 7) is 0. The largest absolute Gasteiger partial charge is 0.497 e. The molecule has 0 heterocycles. The van der Waals surface area contributed by atoms with Gasteiger partial charge in [0, 0.05) is 5.69 Å². The Hall–Kier alpha value is -2.80. The number of carbonyl (C=O) groups is 1. The van der Waals surface area contributed by atoms with E-state index >= 15 is 0 Å². The number of rotatable bonds is 5. The molecule has 2 aromatic rings. The van der Waals surface area contributed by atoms with Crippen LogP contribution in [0.2, 0.25) is 0 Å². The van der Waals surface area contributed by atoms with Gasteiger partial charge in [0.2, 0.25) is 0 Å². The number of hydrogen-bond donors (Lipinski definition) is 2. The van der Waals surface area contributed by atoms with Gasteiger partial charge in [-0.15, -0.1) is 0 Å². The van der Waals surface area contributed by atoms with Crippen LogP contribution in [-0.4, -0.2) is 32.3 Å². The zero-order chi connectivity index (χ0) is 17.5. The molecule has 6 nitrogen and oxygen atoms in total. The lowest BCUT2D eigenvalue weighted by atomic mass is 10.1. The van der Waals surface area contributed by atoms with Crippen molar-refractivity contribution in [1.82, 2.24) is 5.32 Å². The van der Waals surface area contributed by atoms with E-state index < -0.39 is 5.91 Å². The fourth-order valence-corrected chi connectivity index (χ4v) is 2.29. The fraction of sp³-hybridized carbons (Fsp3) is 0.176. The van der Waals surface area contributed by atoms with Gasteiger partial charge in [-0.1, -0.05) is 6.07 Å². The Balaban J connectivity index is 2.10. The van der Waals surface area contributed by atoms with Crippen LogP contribution in [0.3, 0.4) is 0 Å². The highest BCUT2D eigenvalue weighted by Gasteiger charge is 2.19. The Kier molecular flexibility index (Phi) is 5.97. The molecule has 0 saturated heterocycles. The van der Waals surface area contributed by atoms with E-state index in [4.69, 9.17) is 26.4 Å². The number of thiocarbonyl (C=S) groups is 1. The summed E-state index contributed by atoms with van der Waals surface area (Å²) in [6.07, 6.45) is 0. The van der Waals surface area contributed by atoms with Gasteiger partial charge in [0.15, 0.2) is 5.11 Å². The lowest BCUT2D eigenvalue weighted by Crippen LogP contribution is -2.34. The SMILES string of the molecule is COc1ccc(NC(=S)NC(=O)c2c(OC)cccc2OC)cc1. The number of benzene rings is 2. The van der Waals surface area contributed by atoms with Crippen molar-refractivity contribution in [1.29, 1.82) is 0 Å². The molecule has 2 N–H and O–H groups in total. The highest BCUT2D eigenvalue weighted by molar-refractivity contribution is 7.80. The van der Waals surface area contributed by atoms with Gasteiger partial charge < -0.3 is 19.5 Å². The molecule has 126 valence electrons. The zero-order valence-corrected chi connectivity index (χ0v) is 14.4. The average molecular weight is 346 g/mol. The lowest BCUT2D eigenvalue weighted by molar-refractivity contribution is 0.0971. The summed E-state index contributed by atoms with van der Waals surface area (Å²) < 4.78 is 15.5. The van der Waals surface area contributed by atoms with Crippen LogP contribution >= 0.6 is 12.2 Å². The quantitative estimate of drug-likeness (QED) is 0.812. The molecule has 0 aromatic heterocycles. The highest BCUT2D eigenvalue weighted by Crippen LogP contribution is 2.28. The maximum absolute atomic E-state index is 12.5. The Morgan fingerprint density at radius 2 is 1.50 bits per heavy atom. The summed E-state index contributed by atoms with van der Waals surface area (Å²) in [5.41, 5.74) is 1.01. The first-order valence-electron chi connectivity index (χ1n) is 7.06. The molecule has 0 radical (unpaired) electrons. The Bertz CT molecular complexity index is 710. The van der Waals surface area contributed by atoms with Crippen LogP contribution < -0.4 is 24.8 Å². The molecule has 2 aromatic carbocycles. The summed E-state index contributed by atoms with van der Waals surface area (Å²) in [7, 11) is 4.56. The van der Waals surface area contributed by atoms with Crippen LogP contribution in [0.1, 0.15) is 10.4 Å².